The van der Waals surface area contributed by atoms with Gasteiger partial charge in [-0.25, -0.2) is 0 Å². The van der Waals surface area contributed by atoms with Crippen molar-refractivity contribution in [1.29, 1.82) is 0 Å². The van der Waals surface area contributed by atoms with Crippen LogP contribution in [0.25, 0.3) is 6.08 Å². The lowest BCUT2D eigenvalue weighted by Crippen LogP contribution is -1.86. The van der Waals surface area contributed by atoms with E-state index in [1.165, 1.54) is 10.4 Å². The summed E-state index contributed by atoms with van der Waals surface area (Å²) < 4.78 is 0. The van der Waals surface area contributed by atoms with Gasteiger partial charge in [-0.1, -0.05) is 12.7 Å². The summed E-state index contributed by atoms with van der Waals surface area (Å²) in [6.45, 7) is 4.00. The first kappa shape index (κ1) is 9.84. The fraction of sp³-hybridized carbons (Fsp3) is 0.333. The number of aliphatic hydroxyl groups excluding tert-OH is 1. The molecule has 66 valence electrons. The molecule has 0 aromatic carbocycles. The molecule has 0 amide bonds. The molecule has 1 heterocycles. The summed E-state index contributed by atoms with van der Waals surface area (Å²) >= 11 is 3.50. The van der Waals surface area contributed by atoms with Crippen molar-refractivity contribution in [2.24, 2.45) is 0 Å². The second kappa shape index (κ2) is 5.41. The minimum absolute atomic E-state index is 0.263. The fourth-order valence-corrected chi connectivity index (χ4v) is 2.69. The first-order valence-electron chi connectivity index (χ1n) is 3.76. The Morgan fingerprint density at radius 3 is 3.17 bits per heavy atom. The van der Waals surface area contributed by atoms with E-state index in [1.54, 1.807) is 23.1 Å². The standard InChI is InChI=1S/C9H12OS2/c1-2-8-3-5-12-9(8)7-11-6-4-10/h2-3,5,10H,1,4,6-7H2. The molecule has 0 unspecified atom stereocenters. The van der Waals surface area contributed by atoms with Crippen LogP contribution in [0.4, 0.5) is 0 Å². The summed E-state index contributed by atoms with van der Waals surface area (Å²) in [6.07, 6.45) is 1.88. The highest BCUT2D eigenvalue weighted by molar-refractivity contribution is 7.98. The van der Waals surface area contributed by atoms with Gasteiger partial charge in [0.2, 0.25) is 0 Å². The van der Waals surface area contributed by atoms with Gasteiger partial charge in [0.15, 0.2) is 0 Å². The zero-order chi connectivity index (χ0) is 8.81. The molecule has 0 saturated carbocycles. The highest BCUT2D eigenvalue weighted by Crippen LogP contribution is 2.22. The maximum absolute atomic E-state index is 8.58. The van der Waals surface area contributed by atoms with E-state index >= 15 is 0 Å². The van der Waals surface area contributed by atoms with E-state index in [0.717, 1.165) is 11.5 Å². The van der Waals surface area contributed by atoms with Crippen molar-refractivity contribution < 1.29 is 5.11 Å². The minimum atomic E-state index is 0.263. The van der Waals surface area contributed by atoms with Crippen molar-refractivity contribution in [3.05, 3.63) is 28.5 Å². The molecule has 0 spiro atoms. The molecule has 3 heteroatoms. The van der Waals surface area contributed by atoms with Crippen LogP contribution < -0.4 is 0 Å². The number of thioether (sulfide) groups is 1. The van der Waals surface area contributed by atoms with Gasteiger partial charge in [-0.05, 0) is 17.0 Å². The maximum atomic E-state index is 8.58. The molecule has 1 rings (SSSR count). The third kappa shape index (κ3) is 2.66. The lowest BCUT2D eigenvalue weighted by atomic mass is 10.3. The molecule has 0 fully saturated rings. The van der Waals surface area contributed by atoms with Crippen molar-refractivity contribution in [2.45, 2.75) is 5.75 Å². The first-order chi connectivity index (χ1) is 5.88. The Morgan fingerprint density at radius 1 is 1.67 bits per heavy atom. The van der Waals surface area contributed by atoms with Crippen molar-refractivity contribution in [1.82, 2.24) is 0 Å². The molecule has 0 bridgehead atoms. The predicted octanol–water partition coefficient (Wildman–Crippen LogP) is 2.62. The number of thiophene rings is 1. The summed E-state index contributed by atoms with van der Waals surface area (Å²) in [4.78, 5) is 1.35. The zero-order valence-electron chi connectivity index (χ0n) is 6.82. The summed E-state index contributed by atoms with van der Waals surface area (Å²) in [6, 6.07) is 2.08. The quantitative estimate of drug-likeness (QED) is 0.737. The summed E-state index contributed by atoms with van der Waals surface area (Å²) in [7, 11) is 0. The third-order valence-corrected chi connectivity index (χ3v) is 3.55. The van der Waals surface area contributed by atoms with Gasteiger partial charge in [-0.15, -0.1) is 11.3 Å². The van der Waals surface area contributed by atoms with Gasteiger partial charge in [0.1, 0.15) is 0 Å². The maximum Gasteiger partial charge on any atom is 0.0521 e. The molecule has 0 aliphatic carbocycles. The molecular weight excluding hydrogens is 188 g/mol. The van der Waals surface area contributed by atoms with Crippen molar-refractivity contribution >= 4 is 29.2 Å². The molecule has 1 N–H and O–H groups in total. The van der Waals surface area contributed by atoms with Crippen molar-refractivity contribution in [3.8, 4) is 0 Å². The SMILES string of the molecule is C=Cc1ccsc1CSCCO. The van der Waals surface area contributed by atoms with Gasteiger partial charge in [0, 0.05) is 16.4 Å². The largest absolute Gasteiger partial charge is 0.396 e. The average molecular weight is 200 g/mol. The molecule has 0 atom stereocenters. The van der Waals surface area contributed by atoms with Crippen LogP contribution in [0.2, 0.25) is 0 Å². The summed E-state index contributed by atoms with van der Waals surface area (Å²) in [5.41, 5.74) is 1.23. The molecule has 12 heavy (non-hydrogen) atoms. The van der Waals surface area contributed by atoms with Gasteiger partial charge < -0.3 is 5.11 Å². The molecule has 1 nitrogen and oxygen atoms in total. The van der Waals surface area contributed by atoms with Gasteiger partial charge >= 0.3 is 0 Å². The Balaban J connectivity index is 2.45. The Hall–Kier alpha value is -0.250. The number of aliphatic hydroxyl groups is 1. The Morgan fingerprint density at radius 2 is 2.50 bits per heavy atom. The highest BCUT2D eigenvalue weighted by Gasteiger charge is 1.99. The van der Waals surface area contributed by atoms with Crippen LogP contribution in [0.15, 0.2) is 18.0 Å². The second-order valence-electron chi connectivity index (χ2n) is 2.28. The van der Waals surface area contributed by atoms with Crippen LogP contribution in [0, 0.1) is 0 Å². The van der Waals surface area contributed by atoms with Gasteiger partial charge in [-0.2, -0.15) is 11.8 Å². The van der Waals surface area contributed by atoms with Crippen LogP contribution >= 0.6 is 23.1 Å². The van der Waals surface area contributed by atoms with Crippen LogP contribution in [-0.2, 0) is 5.75 Å². The Bertz CT molecular complexity index is 242. The fourth-order valence-electron chi connectivity index (χ4n) is 0.879. The van der Waals surface area contributed by atoms with Crippen LogP contribution in [0.5, 0.6) is 0 Å². The molecule has 1 aromatic heterocycles. The molecule has 0 saturated heterocycles. The number of hydrogen-bond acceptors (Lipinski definition) is 3. The van der Waals surface area contributed by atoms with Crippen LogP contribution in [0.1, 0.15) is 10.4 Å². The normalized spacial score (nSPS) is 10.1. The molecule has 0 aliphatic rings. The lowest BCUT2D eigenvalue weighted by molar-refractivity contribution is 0.322. The molecular formula is C9H12OS2. The molecule has 1 aromatic rings. The van der Waals surface area contributed by atoms with E-state index in [-0.39, 0.29) is 6.61 Å². The smallest absolute Gasteiger partial charge is 0.0521 e. The number of rotatable bonds is 5. The Labute approximate surface area is 81.1 Å². The van der Waals surface area contributed by atoms with Crippen molar-refractivity contribution in [2.75, 3.05) is 12.4 Å². The summed E-state index contributed by atoms with van der Waals surface area (Å²) in [5.74, 6) is 1.80. The topological polar surface area (TPSA) is 20.2 Å². The van der Waals surface area contributed by atoms with E-state index in [4.69, 9.17) is 5.11 Å². The monoisotopic (exact) mass is 200 g/mol. The van der Waals surface area contributed by atoms with E-state index in [1.807, 2.05) is 6.08 Å². The first-order valence-corrected chi connectivity index (χ1v) is 5.79. The number of hydrogen-bond donors (Lipinski definition) is 1. The van der Waals surface area contributed by atoms with Gasteiger partial charge in [0.05, 0.1) is 6.61 Å². The highest BCUT2D eigenvalue weighted by atomic mass is 32.2. The van der Waals surface area contributed by atoms with Gasteiger partial charge in [-0.3, -0.25) is 0 Å². The van der Waals surface area contributed by atoms with E-state index in [9.17, 15) is 0 Å². The average Bonchev–Trinajstić information content (AvgIpc) is 2.52. The molecule has 0 aliphatic heterocycles. The second-order valence-corrected chi connectivity index (χ2v) is 4.39. The van der Waals surface area contributed by atoms with E-state index in [0.29, 0.717) is 0 Å². The van der Waals surface area contributed by atoms with Crippen LogP contribution in [-0.4, -0.2) is 17.5 Å². The van der Waals surface area contributed by atoms with E-state index < -0.39 is 0 Å². The third-order valence-electron chi connectivity index (χ3n) is 1.47. The van der Waals surface area contributed by atoms with Gasteiger partial charge in [0.25, 0.3) is 0 Å². The molecule has 0 radical (unpaired) electrons. The predicted molar refractivity (Wildman–Crippen MR) is 57.7 cm³/mol. The summed E-state index contributed by atoms with van der Waals surface area (Å²) in [5, 5.41) is 10.7. The van der Waals surface area contributed by atoms with Crippen molar-refractivity contribution in [3.63, 3.8) is 0 Å². The zero-order valence-corrected chi connectivity index (χ0v) is 8.46. The minimum Gasteiger partial charge on any atom is -0.396 e. The van der Waals surface area contributed by atoms with E-state index in [2.05, 4.69) is 18.0 Å². The Kier molecular flexibility index (Phi) is 4.43. The van der Waals surface area contributed by atoms with Crippen LogP contribution in [0.3, 0.4) is 0 Å². The lowest BCUT2D eigenvalue weighted by Gasteiger charge is -1.97.